The van der Waals surface area contributed by atoms with E-state index in [1.165, 1.54) is 6.92 Å². The van der Waals surface area contributed by atoms with Crippen LogP contribution in [-0.2, 0) is 41.8 Å². The summed E-state index contributed by atoms with van der Waals surface area (Å²) in [5.74, 6) is -0.875. The Hall–Kier alpha value is -2.12. The Labute approximate surface area is 417 Å². The fourth-order valence-electron chi connectivity index (χ4n) is 10.7. The first-order chi connectivity index (χ1) is 32.2. The lowest BCUT2D eigenvalue weighted by molar-refractivity contribution is -0.168. The minimum Gasteiger partial charge on any atom is -0.457 e. The largest absolute Gasteiger partial charge is 0.457 e. The maximum absolute atomic E-state index is 14.2. The van der Waals surface area contributed by atoms with Gasteiger partial charge < -0.3 is 42.4 Å². The number of rotatable bonds is 25. The quantitative estimate of drug-likeness (QED) is 0.0234. The molecule has 1 amide bonds. The van der Waals surface area contributed by atoms with Crippen molar-refractivity contribution >= 4 is 43.0 Å². The fraction of sp³-hybridized carbons (Fsp3) is 0.830. The summed E-state index contributed by atoms with van der Waals surface area (Å²) in [4.78, 5) is 42.4. The van der Waals surface area contributed by atoms with Crippen LogP contribution in [0.5, 0.6) is 0 Å². The number of piperazine rings is 1. The Morgan fingerprint density at radius 2 is 1.47 bits per heavy atom. The Kier molecular flexibility index (Phi) is 24.5. The average Bonchev–Trinajstić information content (AvgIpc) is 4.10. The number of ether oxygens (including phenoxy) is 4. The van der Waals surface area contributed by atoms with Crippen molar-refractivity contribution < 1.29 is 46.6 Å². The molecule has 3 heterocycles. The number of amides is 1. The molecule has 10 atom stereocenters. The van der Waals surface area contributed by atoms with Crippen molar-refractivity contribution in [3.63, 3.8) is 0 Å². The topological polar surface area (TPSA) is 134 Å². The summed E-state index contributed by atoms with van der Waals surface area (Å²) in [5, 5.41) is 3.29. The Morgan fingerprint density at radius 3 is 2.00 bits per heavy atom. The molecule has 3 aliphatic heterocycles. The maximum atomic E-state index is 14.2. The number of nitrogens with zero attached hydrogens (tertiary/aromatic N) is 1. The number of cyclic esters (lactones) is 1. The van der Waals surface area contributed by atoms with Gasteiger partial charge in [-0.1, -0.05) is 107 Å². The van der Waals surface area contributed by atoms with Gasteiger partial charge in [0.1, 0.15) is 11.7 Å². The molecule has 0 radical (unpaired) electrons. The zero-order valence-corrected chi connectivity index (χ0v) is 48.8. The van der Waals surface area contributed by atoms with Gasteiger partial charge in [-0.25, -0.2) is 4.79 Å². The lowest BCUT2D eigenvalue weighted by atomic mass is 9.88. The second kappa shape index (κ2) is 27.6. The minimum atomic E-state index is -2.19. The zero-order chi connectivity index (χ0) is 50.9. The zero-order valence-electron chi connectivity index (χ0n) is 45.8. The van der Waals surface area contributed by atoms with Gasteiger partial charge in [0.05, 0.1) is 30.3 Å². The molecule has 0 bridgehead atoms. The molecule has 2 fully saturated rings. The monoisotopic (exact) mass is 1010 g/mol. The van der Waals surface area contributed by atoms with Crippen LogP contribution in [-0.4, -0.2) is 122 Å². The SMILES string of the molecule is CC[C@H](O[Si](CC)(CC)CC)[C@@H](C)[C@@H]1O[C@H]1C[C@](C)(/C=C/C=C(\C)C1OC(=O)CC(O[Si](CC)(CC)CC)CCC(C)(OC(C)=O)C(OC(=O)N2CCNCC2)/C=C\C1C)O[Si](CC)(CC)CC. The van der Waals surface area contributed by atoms with Crippen molar-refractivity contribution in [1.82, 2.24) is 10.2 Å². The summed E-state index contributed by atoms with van der Waals surface area (Å²) in [6, 6.07) is 9.21. The predicted octanol–water partition coefficient (Wildman–Crippen LogP) is 12.3. The molecule has 3 rings (SSSR count). The van der Waals surface area contributed by atoms with E-state index < -0.39 is 66.5 Å². The highest BCUT2D eigenvalue weighted by atomic mass is 28.4. The van der Waals surface area contributed by atoms with Crippen molar-refractivity contribution in [1.29, 1.82) is 0 Å². The summed E-state index contributed by atoms with van der Waals surface area (Å²) in [7, 11) is -6.05. The van der Waals surface area contributed by atoms with Crippen LogP contribution in [0.25, 0.3) is 0 Å². The van der Waals surface area contributed by atoms with E-state index >= 15 is 0 Å². The van der Waals surface area contributed by atoms with E-state index in [0.29, 0.717) is 39.0 Å². The Morgan fingerprint density at radius 1 is 0.897 bits per heavy atom. The van der Waals surface area contributed by atoms with Gasteiger partial charge in [0.15, 0.2) is 31.1 Å². The number of epoxide rings is 1. The number of hydrogen-bond acceptors (Lipinski definition) is 11. The molecule has 5 unspecified atom stereocenters. The predicted molar refractivity (Wildman–Crippen MR) is 283 cm³/mol. The van der Waals surface area contributed by atoms with E-state index in [2.05, 4.69) is 101 Å². The standard InChI is InChI=1S/C53H98N2O10Si3/c1-17-45(64-67(21-5,22-6)23-7)42(13)50-46(59-50)39-52(15,65-68(24-8,25-9)26-10)32-27-28-40(11)49-41(12)29-30-47(60-51(58)55-36-34-54-35-37-55)53(16,62-43(14)56)33-31-44(38-48(57)61-49)63-66(18-2,19-3)20-4/h27-30,32,41-42,44-47,49-50,54H,17-26,31,33-39H2,1-16H3/b30-29-,32-27+,40-28+/t41?,42-,44?,45+,46+,47?,49?,50+,52+,53?/m1/s1. The van der Waals surface area contributed by atoms with Gasteiger partial charge in [-0.3, -0.25) is 9.59 Å². The van der Waals surface area contributed by atoms with E-state index in [4.69, 9.17) is 32.2 Å². The number of esters is 2. The minimum absolute atomic E-state index is 0.0548. The third-order valence-corrected chi connectivity index (χ3v) is 30.5. The van der Waals surface area contributed by atoms with E-state index in [1.54, 1.807) is 4.90 Å². The molecule has 0 aromatic rings. The lowest BCUT2D eigenvalue weighted by Gasteiger charge is -2.39. The van der Waals surface area contributed by atoms with Crippen LogP contribution in [0.2, 0.25) is 54.4 Å². The molecule has 392 valence electrons. The highest BCUT2D eigenvalue weighted by molar-refractivity contribution is 6.74. The van der Waals surface area contributed by atoms with E-state index in [9.17, 15) is 14.4 Å². The first kappa shape index (κ1) is 60.2. The molecular formula is C53H98N2O10Si3. The molecule has 0 aliphatic carbocycles. The smallest absolute Gasteiger partial charge is 0.410 e. The van der Waals surface area contributed by atoms with Crippen LogP contribution in [0.1, 0.15) is 143 Å². The van der Waals surface area contributed by atoms with Crippen LogP contribution in [0.3, 0.4) is 0 Å². The van der Waals surface area contributed by atoms with Gasteiger partial charge in [0.25, 0.3) is 0 Å². The van der Waals surface area contributed by atoms with Gasteiger partial charge in [0, 0.05) is 57.5 Å². The van der Waals surface area contributed by atoms with Gasteiger partial charge in [0.2, 0.25) is 0 Å². The van der Waals surface area contributed by atoms with E-state index in [1.807, 2.05) is 39.0 Å². The van der Waals surface area contributed by atoms with Crippen molar-refractivity contribution in [3.8, 4) is 0 Å². The molecular weight excluding hydrogens is 909 g/mol. The van der Waals surface area contributed by atoms with Crippen molar-refractivity contribution in [2.75, 3.05) is 26.2 Å². The first-order valence-corrected chi connectivity index (χ1v) is 34.6. The molecule has 15 heteroatoms. The first-order valence-electron chi connectivity index (χ1n) is 27.0. The molecule has 3 aliphatic rings. The number of allylic oxidation sites excluding steroid dienone is 2. The summed E-state index contributed by atoms with van der Waals surface area (Å²) in [6.45, 7) is 36.5. The van der Waals surface area contributed by atoms with Gasteiger partial charge in [-0.05, 0) is 106 Å². The van der Waals surface area contributed by atoms with Crippen LogP contribution in [0.4, 0.5) is 4.79 Å². The van der Waals surface area contributed by atoms with Gasteiger partial charge in [-0.15, -0.1) is 0 Å². The third-order valence-electron chi connectivity index (χ3n) is 16.3. The summed E-state index contributed by atoms with van der Waals surface area (Å²) >= 11 is 0. The molecule has 0 spiro atoms. The van der Waals surface area contributed by atoms with Gasteiger partial charge in [-0.2, -0.15) is 0 Å². The molecule has 0 aromatic heterocycles. The van der Waals surface area contributed by atoms with E-state index in [-0.39, 0.29) is 42.5 Å². The Bertz CT molecular complexity index is 1640. The number of carbonyl (C=O) groups is 3. The number of nitrogens with one attached hydrogen (secondary N) is 1. The molecule has 68 heavy (non-hydrogen) atoms. The summed E-state index contributed by atoms with van der Waals surface area (Å²) in [5.41, 5.74) is -0.957. The van der Waals surface area contributed by atoms with Crippen LogP contribution in [0.15, 0.2) is 36.0 Å². The highest BCUT2D eigenvalue weighted by Gasteiger charge is 2.51. The number of hydrogen-bond donors (Lipinski definition) is 1. The Balaban J connectivity index is 2.07. The van der Waals surface area contributed by atoms with Gasteiger partial charge >= 0.3 is 18.0 Å². The average molecular weight is 1010 g/mol. The molecule has 1 N–H and O–H groups in total. The molecule has 2 saturated heterocycles. The van der Waals surface area contributed by atoms with E-state index in [0.717, 1.165) is 72.8 Å². The summed E-state index contributed by atoms with van der Waals surface area (Å²) < 4.78 is 46.9. The van der Waals surface area contributed by atoms with Crippen LogP contribution < -0.4 is 5.32 Å². The third kappa shape index (κ3) is 16.7. The van der Waals surface area contributed by atoms with Crippen molar-refractivity contribution in [2.24, 2.45) is 11.8 Å². The maximum Gasteiger partial charge on any atom is 0.410 e. The lowest BCUT2D eigenvalue weighted by Crippen LogP contribution is -2.51. The molecule has 0 saturated carbocycles. The fourth-order valence-corrected chi connectivity index (χ4v) is 19.7. The molecule has 12 nitrogen and oxygen atoms in total. The summed E-state index contributed by atoms with van der Waals surface area (Å²) in [6.07, 6.45) is 10.4. The van der Waals surface area contributed by atoms with Crippen molar-refractivity contribution in [3.05, 3.63) is 36.0 Å². The normalized spacial score (nSPS) is 28.1. The highest BCUT2D eigenvalue weighted by Crippen LogP contribution is 2.43. The van der Waals surface area contributed by atoms with Crippen LogP contribution in [0, 0.1) is 11.8 Å². The second-order valence-electron chi connectivity index (χ2n) is 20.8. The van der Waals surface area contributed by atoms with Crippen molar-refractivity contribution in [2.45, 2.75) is 245 Å². The van der Waals surface area contributed by atoms with Crippen LogP contribution >= 0.6 is 0 Å². The molecule has 0 aromatic carbocycles. The second-order valence-corrected chi connectivity index (χ2v) is 34.9. The number of carbonyl (C=O) groups excluding carboxylic acids is 3.